The van der Waals surface area contributed by atoms with E-state index in [0.717, 1.165) is 0 Å². The van der Waals surface area contributed by atoms with Gasteiger partial charge in [-0.3, -0.25) is 0 Å². The first-order valence-electron chi connectivity index (χ1n) is 6.19. The third-order valence-corrected chi connectivity index (χ3v) is 3.78. The number of hydrogen-bond acceptors (Lipinski definition) is 7. The molecule has 0 aliphatic heterocycles. The van der Waals surface area contributed by atoms with Crippen LogP contribution in [0.3, 0.4) is 0 Å². The third kappa shape index (κ3) is 3.61. The first-order chi connectivity index (χ1) is 9.39. The van der Waals surface area contributed by atoms with Crippen molar-refractivity contribution >= 4 is 11.8 Å². The van der Waals surface area contributed by atoms with Crippen LogP contribution in [0.1, 0.15) is 49.5 Å². The number of aromatic nitrogens is 3. The van der Waals surface area contributed by atoms with Gasteiger partial charge in [-0.15, -0.1) is 11.8 Å². The highest BCUT2D eigenvalue weighted by molar-refractivity contribution is 7.99. The van der Waals surface area contributed by atoms with Crippen molar-refractivity contribution in [3.63, 3.8) is 0 Å². The van der Waals surface area contributed by atoms with Gasteiger partial charge in [0, 0.05) is 4.75 Å². The van der Waals surface area contributed by atoms with Crippen molar-refractivity contribution in [2.75, 3.05) is 0 Å². The average molecular weight is 292 g/mol. The maximum atomic E-state index is 9.03. The number of hydrogen-bond donors (Lipinski definition) is 0. The van der Waals surface area contributed by atoms with Gasteiger partial charge in [0.15, 0.2) is 11.6 Å². The molecule has 0 atom stereocenters. The third-order valence-electron chi connectivity index (χ3n) is 2.51. The van der Waals surface area contributed by atoms with Crippen molar-refractivity contribution in [2.45, 2.75) is 44.6 Å². The Kier molecular flexibility index (Phi) is 4.14. The van der Waals surface area contributed by atoms with E-state index in [1.54, 1.807) is 18.7 Å². The summed E-state index contributed by atoms with van der Waals surface area (Å²) >= 11 is 1.75. The molecule has 6 nitrogen and oxygen atoms in total. The molecule has 0 unspecified atom stereocenters. The second-order valence-corrected chi connectivity index (χ2v) is 7.16. The van der Waals surface area contributed by atoms with Crippen molar-refractivity contribution in [1.82, 2.24) is 15.3 Å². The molecule has 0 spiro atoms. The molecule has 2 rings (SSSR count). The van der Waals surface area contributed by atoms with Crippen LogP contribution in [-0.4, -0.2) is 20.0 Å². The molecule has 0 fully saturated rings. The van der Waals surface area contributed by atoms with Gasteiger partial charge in [-0.2, -0.15) is 10.2 Å². The molecule has 0 aliphatic carbocycles. The number of rotatable bonds is 4. The highest BCUT2D eigenvalue weighted by atomic mass is 32.2. The van der Waals surface area contributed by atoms with Crippen molar-refractivity contribution in [3.05, 3.63) is 28.7 Å². The molecule has 2 aromatic rings. The predicted octanol–water partition coefficient (Wildman–Crippen LogP) is 2.86. The molecule has 0 N–H and O–H groups in total. The number of nitriles is 1. The largest absolute Gasteiger partial charge is 0.360 e. The van der Waals surface area contributed by atoms with E-state index in [0.29, 0.717) is 40.9 Å². The first kappa shape index (κ1) is 14.6. The van der Waals surface area contributed by atoms with E-state index in [2.05, 4.69) is 42.1 Å². The molecular formula is C13H16N4O2S. The van der Waals surface area contributed by atoms with Crippen molar-refractivity contribution < 1.29 is 9.05 Å². The van der Waals surface area contributed by atoms with E-state index in [4.69, 9.17) is 14.3 Å². The minimum absolute atomic E-state index is 0.151. The normalized spacial score (nSPS) is 11.6. The van der Waals surface area contributed by atoms with Crippen LogP contribution in [-0.2, 0) is 12.2 Å². The topological polar surface area (TPSA) is 88.7 Å². The summed E-state index contributed by atoms with van der Waals surface area (Å²) in [4.78, 5) is 4.30. The van der Waals surface area contributed by atoms with Crippen LogP contribution in [0.2, 0.25) is 0 Å². The maximum Gasteiger partial charge on any atom is 0.232 e. The molecule has 2 heterocycles. The summed E-state index contributed by atoms with van der Waals surface area (Å²) in [6.45, 7) is 8.11. The lowest BCUT2D eigenvalue weighted by Crippen LogP contribution is -2.07. The Labute approximate surface area is 121 Å². The summed E-state index contributed by atoms with van der Waals surface area (Å²) in [5.74, 6) is 2.29. The highest BCUT2D eigenvalue weighted by Gasteiger charge is 2.17. The predicted molar refractivity (Wildman–Crippen MR) is 74.1 cm³/mol. The monoisotopic (exact) mass is 292 g/mol. The SMILES string of the molecule is Cc1onc(Cc2nc(CSC(C)(C)C)no2)c1C#N. The van der Waals surface area contributed by atoms with E-state index < -0.39 is 0 Å². The molecule has 0 bridgehead atoms. The summed E-state index contributed by atoms with van der Waals surface area (Å²) in [5, 5.41) is 16.8. The Morgan fingerprint density at radius 3 is 2.65 bits per heavy atom. The van der Waals surface area contributed by atoms with Gasteiger partial charge in [0.1, 0.15) is 17.3 Å². The smallest absolute Gasteiger partial charge is 0.232 e. The molecule has 0 saturated carbocycles. The molecule has 0 aromatic carbocycles. The van der Waals surface area contributed by atoms with Crippen LogP contribution in [0.4, 0.5) is 0 Å². The Bertz CT molecular complexity index is 634. The lowest BCUT2D eigenvalue weighted by Gasteiger charge is -2.15. The fourth-order valence-electron chi connectivity index (χ4n) is 1.53. The summed E-state index contributed by atoms with van der Waals surface area (Å²) in [5.41, 5.74) is 0.970. The van der Waals surface area contributed by atoms with Gasteiger partial charge in [-0.05, 0) is 6.92 Å². The summed E-state index contributed by atoms with van der Waals surface area (Å²) in [7, 11) is 0. The number of aryl methyl sites for hydroxylation is 1. The lowest BCUT2D eigenvalue weighted by molar-refractivity contribution is 0.369. The fraction of sp³-hybridized carbons (Fsp3) is 0.538. The number of thioether (sulfide) groups is 1. The maximum absolute atomic E-state index is 9.03. The molecule has 2 aromatic heterocycles. The van der Waals surface area contributed by atoms with Crippen molar-refractivity contribution in [3.8, 4) is 6.07 Å². The van der Waals surface area contributed by atoms with Crippen LogP contribution in [0.25, 0.3) is 0 Å². The molecule has 7 heteroatoms. The van der Waals surface area contributed by atoms with E-state index in [1.807, 2.05) is 0 Å². The molecule has 106 valence electrons. The Hall–Kier alpha value is -1.81. The van der Waals surface area contributed by atoms with Gasteiger partial charge >= 0.3 is 0 Å². The molecule has 0 aliphatic rings. The van der Waals surface area contributed by atoms with E-state index in [-0.39, 0.29) is 4.75 Å². The van der Waals surface area contributed by atoms with Crippen LogP contribution in [0.15, 0.2) is 9.05 Å². The minimum atomic E-state index is 0.151. The second-order valence-electron chi connectivity index (χ2n) is 5.35. The van der Waals surface area contributed by atoms with Crippen LogP contribution >= 0.6 is 11.8 Å². The van der Waals surface area contributed by atoms with Crippen LogP contribution in [0, 0.1) is 18.3 Å². The van der Waals surface area contributed by atoms with E-state index in [9.17, 15) is 0 Å². The van der Waals surface area contributed by atoms with E-state index in [1.165, 1.54) is 0 Å². The van der Waals surface area contributed by atoms with Crippen LogP contribution in [0.5, 0.6) is 0 Å². The molecule has 20 heavy (non-hydrogen) atoms. The van der Waals surface area contributed by atoms with Gasteiger partial charge in [-0.25, -0.2) is 0 Å². The van der Waals surface area contributed by atoms with Crippen molar-refractivity contribution in [1.29, 1.82) is 5.26 Å². The zero-order chi connectivity index (χ0) is 14.8. The molecule has 0 radical (unpaired) electrons. The zero-order valence-electron chi connectivity index (χ0n) is 11.9. The zero-order valence-corrected chi connectivity index (χ0v) is 12.7. The minimum Gasteiger partial charge on any atom is -0.360 e. The standard InChI is InChI=1S/C13H16N4O2S/c1-8-9(6-14)10(16-18-8)5-12-15-11(17-19-12)7-20-13(2,3)4/h5,7H2,1-4H3. The second kappa shape index (κ2) is 5.67. The van der Waals surface area contributed by atoms with Crippen LogP contribution < -0.4 is 0 Å². The first-order valence-corrected chi connectivity index (χ1v) is 7.18. The fourth-order valence-corrected chi connectivity index (χ4v) is 2.21. The average Bonchev–Trinajstić information content (AvgIpc) is 2.94. The summed E-state index contributed by atoms with van der Waals surface area (Å²) in [6, 6.07) is 2.07. The molecule has 0 saturated heterocycles. The van der Waals surface area contributed by atoms with Gasteiger partial charge in [0.25, 0.3) is 0 Å². The molecule has 0 amide bonds. The van der Waals surface area contributed by atoms with Gasteiger partial charge < -0.3 is 9.05 Å². The van der Waals surface area contributed by atoms with Gasteiger partial charge in [0.2, 0.25) is 5.89 Å². The summed E-state index contributed by atoms with van der Waals surface area (Å²) < 4.78 is 10.3. The Balaban J connectivity index is 2.05. The van der Waals surface area contributed by atoms with Gasteiger partial charge in [-0.1, -0.05) is 31.1 Å². The highest BCUT2D eigenvalue weighted by Crippen LogP contribution is 2.26. The molecular weight excluding hydrogens is 276 g/mol. The summed E-state index contributed by atoms with van der Waals surface area (Å²) in [6.07, 6.45) is 0.313. The van der Waals surface area contributed by atoms with Crippen molar-refractivity contribution in [2.24, 2.45) is 0 Å². The Morgan fingerprint density at radius 2 is 2.00 bits per heavy atom. The lowest BCUT2D eigenvalue weighted by atomic mass is 10.2. The quantitative estimate of drug-likeness (QED) is 0.855. The number of nitrogens with zero attached hydrogens (tertiary/aromatic N) is 4. The van der Waals surface area contributed by atoms with E-state index >= 15 is 0 Å². The van der Waals surface area contributed by atoms with Gasteiger partial charge in [0.05, 0.1) is 12.2 Å². The Morgan fingerprint density at radius 1 is 1.25 bits per heavy atom.